The van der Waals surface area contributed by atoms with Crippen molar-refractivity contribution in [3.05, 3.63) is 64.7 Å². The van der Waals surface area contributed by atoms with Crippen molar-refractivity contribution in [3.8, 4) is 22.8 Å². The Morgan fingerprint density at radius 1 is 1.25 bits per heavy atom. The van der Waals surface area contributed by atoms with E-state index in [4.69, 9.17) is 10.5 Å². The van der Waals surface area contributed by atoms with Gasteiger partial charge in [-0.2, -0.15) is 0 Å². The summed E-state index contributed by atoms with van der Waals surface area (Å²) in [6.07, 6.45) is 2.37. The van der Waals surface area contributed by atoms with Crippen LogP contribution in [0.15, 0.2) is 47.5 Å². The average Bonchev–Trinajstić information content (AvgIpc) is 3.02. The Morgan fingerprint density at radius 2 is 2.04 bits per heavy atom. The van der Waals surface area contributed by atoms with Crippen molar-refractivity contribution in [1.29, 1.82) is 0 Å². The first kappa shape index (κ1) is 17.3. The SMILES string of the molecule is COc1ccccc1-n1c(=O)[nH]c2c(C(N)=O)nc(-c3cncc(F)c3)nc21. The lowest BCUT2D eigenvalue weighted by molar-refractivity contribution is 0.0997. The molecule has 0 unspecified atom stereocenters. The number of aromatic nitrogens is 5. The molecule has 0 atom stereocenters. The number of nitrogens with zero attached hydrogens (tertiary/aromatic N) is 4. The van der Waals surface area contributed by atoms with Gasteiger partial charge >= 0.3 is 5.69 Å². The number of imidazole rings is 1. The second kappa shape index (κ2) is 6.58. The van der Waals surface area contributed by atoms with Crippen molar-refractivity contribution in [2.24, 2.45) is 5.73 Å². The Bertz CT molecular complexity index is 1280. The third kappa shape index (κ3) is 2.76. The Labute approximate surface area is 156 Å². The number of nitrogens with two attached hydrogens (primary N) is 1. The summed E-state index contributed by atoms with van der Waals surface area (Å²) in [5.41, 5.74) is 5.46. The number of nitrogens with one attached hydrogen (secondary N) is 1. The van der Waals surface area contributed by atoms with Gasteiger partial charge in [0.25, 0.3) is 5.91 Å². The van der Waals surface area contributed by atoms with Gasteiger partial charge in [0.05, 0.1) is 19.0 Å². The fourth-order valence-corrected chi connectivity index (χ4v) is 2.86. The maximum absolute atomic E-state index is 13.6. The molecule has 0 spiro atoms. The van der Waals surface area contributed by atoms with Crippen molar-refractivity contribution in [1.82, 2.24) is 24.5 Å². The van der Waals surface area contributed by atoms with E-state index in [1.807, 2.05) is 0 Å². The molecule has 0 radical (unpaired) electrons. The summed E-state index contributed by atoms with van der Waals surface area (Å²) < 4.78 is 20.1. The van der Waals surface area contributed by atoms with Crippen LogP contribution in [0.1, 0.15) is 10.5 Å². The smallest absolute Gasteiger partial charge is 0.332 e. The molecule has 28 heavy (non-hydrogen) atoms. The first-order chi connectivity index (χ1) is 13.5. The summed E-state index contributed by atoms with van der Waals surface area (Å²) in [5, 5.41) is 0. The van der Waals surface area contributed by atoms with E-state index in [9.17, 15) is 14.0 Å². The number of halogens is 1. The third-order valence-corrected chi connectivity index (χ3v) is 4.06. The van der Waals surface area contributed by atoms with Gasteiger partial charge in [0, 0.05) is 11.8 Å². The van der Waals surface area contributed by atoms with E-state index in [1.54, 1.807) is 24.3 Å². The van der Waals surface area contributed by atoms with Gasteiger partial charge in [-0.15, -0.1) is 0 Å². The fraction of sp³-hybridized carbons (Fsp3) is 0.0556. The average molecular weight is 380 g/mol. The lowest BCUT2D eigenvalue weighted by Gasteiger charge is -2.09. The molecule has 0 saturated carbocycles. The van der Waals surface area contributed by atoms with Crippen molar-refractivity contribution >= 4 is 17.1 Å². The highest BCUT2D eigenvalue weighted by molar-refractivity contribution is 6.02. The second-order valence-corrected chi connectivity index (χ2v) is 5.79. The molecule has 0 bridgehead atoms. The number of methoxy groups -OCH3 is 1. The van der Waals surface area contributed by atoms with Crippen LogP contribution in [0.4, 0.5) is 4.39 Å². The van der Waals surface area contributed by atoms with E-state index in [0.717, 1.165) is 12.3 Å². The van der Waals surface area contributed by atoms with Crippen molar-refractivity contribution in [2.75, 3.05) is 7.11 Å². The standard InChI is InChI=1S/C18H13FN6O3/c1-28-12-5-3-2-4-11(12)25-17-14(23-18(25)27)13(15(20)26)22-16(24-17)9-6-10(19)8-21-7-9/h2-8H,1H3,(H2,20,26)(H,23,27). The zero-order chi connectivity index (χ0) is 19.8. The Balaban J connectivity index is 2.09. The fourth-order valence-electron chi connectivity index (χ4n) is 2.86. The molecule has 1 aromatic carbocycles. The third-order valence-electron chi connectivity index (χ3n) is 4.06. The minimum Gasteiger partial charge on any atom is -0.495 e. The van der Waals surface area contributed by atoms with Crippen LogP contribution < -0.4 is 16.2 Å². The van der Waals surface area contributed by atoms with Crippen molar-refractivity contribution in [2.45, 2.75) is 0 Å². The van der Waals surface area contributed by atoms with Crippen LogP contribution in [-0.4, -0.2) is 37.5 Å². The molecule has 3 heterocycles. The normalized spacial score (nSPS) is 10.9. The summed E-state index contributed by atoms with van der Waals surface area (Å²) in [6.45, 7) is 0. The Hall–Kier alpha value is -4.08. The predicted molar refractivity (Wildman–Crippen MR) is 97.7 cm³/mol. The topological polar surface area (TPSA) is 129 Å². The number of ether oxygens (including phenoxy) is 1. The number of amides is 1. The van der Waals surface area contributed by atoms with Crippen LogP contribution in [0, 0.1) is 5.82 Å². The molecule has 0 fully saturated rings. The number of carbonyl (C=O) groups excluding carboxylic acids is 1. The van der Waals surface area contributed by atoms with E-state index in [1.165, 1.54) is 17.9 Å². The first-order valence-corrected chi connectivity index (χ1v) is 8.06. The second-order valence-electron chi connectivity index (χ2n) is 5.79. The van der Waals surface area contributed by atoms with E-state index < -0.39 is 17.4 Å². The molecule has 10 heteroatoms. The summed E-state index contributed by atoms with van der Waals surface area (Å²) in [4.78, 5) is 39.3. The van der Waals surface area contributed by atoms with Crippen molar-refractivity contribution < 1.29 is 13.9 Å². The van der Waals surface area contributed by atoms with Crippen LogP contribution >= 0.6 is 0 Å². The van der Waals surface area contributed by atoms with Gasteiger partial charge in [-0.1, -0.05) is 12.1 Å². The minimum atomic E-state index is -0.869. The van der Waals surface area contributed by atoms with Gasteiger partial charge in [-0.3, -0.25) is 9.78 Å². The number of fused-ring (bicyclic) bond motifs is 1. The van der Waals surface area contributed by atoms with Gasteiger partial charge in [-0.25, -0.2) is 23.7 Å². The number of primary amides is 1. The monoisotopic (exact) mass is 380 g/mol. The Morgan fingerprint density at radius 3 is 2.75 bits per heavy atom. The molecule has 0 aliphatic rings. The molecular formula is C18H13FN6O3. The molecule has 1 amide bonds. The molecule has 0 aliphatic carbocycles. The van der Waals surface area contributed by atoms with Crippen molar-refractivity contribution in [3.63, 3.8) is 0 Å². The largest absolute Gasteiger partial charge is 0.495 e. The molecular weight excluding hydrogens is 367 g/mol. The maximum Gasteiger partial charge on any atom is 0.332 e. The number of para-hydroxylation sites is 2. The quantitative estimate of drug-likeness (QED) is 0.551. The van der Waals surface area contributed by atoms with Crippen LogP contribution in [0.3, 0.4) is 0 Å². The lowest BCUT2D eigenvalue weighted by atomic mass is 10.2. The van der Waals surface area contributed by atoms with E-state index in [0.29, 0.717) is 11.4 Å². The molecule has 3 N–H and O–H groups in total. The molecule has 3 aromatic heterocycles. The van der Waals surface area contributed by atoms with Gasteiger partial charge in [0.2, 0.25) is 0 Å². The van der Waals surface area contributed by atoms with Gasteiger partial charge in [-0.05, 0) is 18.2 Å². The minimum absolute atomic E-state index is 0.00375. The number of aromatic amines is 1. The molecule has 0 saturated heterocycles. The summed E-state index contributed by atoms with van der Waals surface area (Å²) in [7, 11) is 1.46. The number of benzene rings is 1. The molecule has 4 aromatic rings. The number of carbonyl (C=O) groups is 1. The highest BCUT2D eigenvalue weighted by atomic mass is 19.1. The van der Waals surface area contributed by atoms with E-state index in [-0.39, 0.29) is 28.2 Å². The molecule has 140 valence electrons. The highest BCUT2D eigenvalue weighted by Crippen LogP contribution is 2.26. The zero-order valence-electron chi connectivity index (χ0n) is 14.5. The van der Waals surface area contributed by atoms with Gasteiger partial charge in [0.1, 0.15) is 17.1 Å². The predicted octanol–water partition coefficient (Wildman–Crippen LogP) is 1.42. The summed E-state index contributed by atoms with van der Waals surface area (Å²) in [6, 6.07) is 7.96. The van der Waals surface area contributed by atoms with E-state index >= 15 is 0 Å². The maximum atomic E-state index is 13.6. The number of H-pyrrole nitrogens is 1. The summed E-state index contributed by atoms with van der Waals surface area (Å²) in [5.74, 6) is -1.06. The Kier molecular flexibility index (Phi) is 4.07. The van der Waals surface area contributed by atoms with Crippen LogP contribution in [-0.2, 0) is 0 Å². The number of rotatable bonds is 4. The summed E-state index contributed by atoms with van der Waals surface area (Å²) >= 11 is 0. The zero-order valence-corrected chi connectivity index (χ0v) is 14.5. The molecule has 0 aliphatic heterocycles. The highest BCUT2D eigenvalue weighted by Gasteiger charge is 2.21. The molecule has 4 rings (SSSR count). The van der Waals surface area contributed by atoms with Crippen LogP contribution in [0.5, 0.6) is 5.75 Å². The van der Waals surface area contributed by atoms with Gasteiger partial charge < -0.3 is 15.5 Å². The van der Waals surface area contributed by atoms with Crippen LogP contribution in [0.25, 0.3) is 28.2 Å². The van der Waals surface area contributed by atoms with E-state index in [2.05, 4.69) is 19.9 Å². The first-order valence-electron chi connectivity index (χ1n) is 8.06. The molecule has 9 nitrogen and oxygen atoms in total. The number of hydrogen-bond acceptors (Lipinski definition) is 6. The lowest BCUT2D eigenvalue weighted by Crippen LogP contribution is -2.16. The number of pyridine rings is 1. The van der Waals surface area contributed by atoms with Gasteiger partial charge in [0.15, 0.2) is 17.2 Å². The number of hydrogen-bond donors (Lipinski definition) is 2. The van der Waals surface area contributed by atoms with Crippen LogP contribution in [0.2, 0.25) is 0 Å².